The van der Waals surface area contributed by atoms with Crippen molar-refractivity contribution in [2.45, 2.75) is 45.1 Å². The Labute approximate surface area is 85.3 Å². The minimum absolute atomic E-state index is 0.161. The number of aromatic nitrogens is 2. The molecule has 3 heteroatoms. The summed E-state index contributed by atoms with van der Waals surface area (Å²) in [6.45, 7) is 4.21. The highest BCUT2D eigenvalue weighted by Crippen LogP contribution is 2.37. The molecule has 1 saturated carbocycles. The minimum Gasteiger partial charge on any atom is -0.325 e. The number of nitrogens with two attached hydrogens (primary N) is 1. The smallest absolute Gasteiger partial charge is 0.0628 e. The van der Waals surface area contributed by atoms with E-state index < -0.39 is 0 Å². The molecule has 0 aliphatic heterocycles. The second-order valence-corrected chi connectivity index (χ2v) is 4.64. The maximum atomic E-state index is 6.07. The molecule has 0 spiro atoms. The quantitative estimate of drug-likeness (QED) is 0.789. The Morgan fingerprint density at radius 3 is 2.50 bits per heavy atom. The average molecular weight is 193 g/mol. The van der Waals surface area contributed by atoms with E-state index >= 15 is 0 Å². The number of nitrogens with zero attached hydrogens (tertiary/aromatic N) is 2. The largest absolute Gasteiger partial charge is 0.325 e. The normalized spacial score (nSPS) is 18.6. The van der Waals surface area contributed by atoms with Crippen LogP contribution < -0.4 is 5.73 Å². The molecule has 1 aromatic heterocycles. The molecular formula is C11H19N3. The number of hydrogen-bond acceptors (Lipinski definition) is 2. The first kappa shape index (κ1) is 9.71. The van der Waals surface area contributed by atoms with E-state index in [1.165, 1.54) is 24.1 Å². The maximum Gasteiger partial charge on any atom is 0.0628 e. The lowest BCUT2D eigenvalue weighted by Gasteiger charge is -2.08. The van der Waals surface area contributed by atoms with Crippen molar-refractivity contribution in [2.24, 2.45) is 12.8 Å². The van der Waals surface area contributed by atoms with Crippen molar-refractivity contribution in [1.29, 1.82) is 0 Å². The van der Waals surface area contributed by atoms with Crippen LogP contribution >= 0.6 is 0 Å². The number of hydrogen-bond donors (Lipinski definition) is 1. The van der Waals surface area contributed by atoms with E-state index in [0.29, 0.717) is 0 Å². The minimum atomic E-state index is 0.161. The van der Waals surface area contributed by atoms with Gasteiger partial charge < -0.3 is 5.73 Å². The first-order valence-corrected chi connectivity index (χ1v) is 5.30. The molecule has 3 nitrogen and oxygen atoms in total. The predicted octanol–water partition coefficient (Wildman–Crippen LogP) is 1.46. The van der Waals surface area contributed by atoms with Gasteiger partial charge in [-0.3, -0.25) is 4.68 Å². The molecule has 0 amide bonds. The first-order chi connectivity index (χ1) is 6.52. The fourth-order valence-electron chi connectivity index (χ4n) is 1.96. The molecule has 0 bridgehead atoms. The summed E-state index contributed by atoms with van der Waals surface area (Å²) in [7, 11) is 2.00. The molecule has 78 valence electrons. The summed E-state index contributed by atoms with van der Waals surface area (Å²) in [5.41, 5.74) is 10.1. The van der Waals surface area contributed by atoms with Crippen LogP contribution in [0, 0.1) is 13.8 Å². The molecule has 0 radical (unpaired) electrons. The Morgan fingerprint density at radius 2 is 2.07 bits per heavy atom. The lowest BCUT2D eigenvalue weighted by molar-refractivity contribution is 0.606. The van der Waals surface area contributed by atoms with Crippen LogP contribution in [0.4, 0.5) is 0 Å². The Bertz CT molecular complexity index is 348. The molecule has 1 aliphatic rings. The van der Waals surface area contributed by atoms with Crippen LogP contribution in [-0.2, 0) is 13.5 Å². The third-order valence-electron chi connectivity index (χ3n) is 3.42. The number of rotatable bonds is 3. The van der Waals surface area contributed by atoms with E-state index in [-0.39, 0.29) is 5.54 Å². The topological polar surface area (TPSA) is 43.8 Å². The average Bonchev–Trinajstić information content (AvgIpc) is 2.78. The van der Waals surface area contributed by atoms with Crippen LogP contribution in [-0.4, -0.2) is 15.3 Å². The highest BCUT2D eigenvalue weighted by Gasteiger charge is 2.37. The molecule has 0 atom stereocenters. The molecule has 14 heavy (non-hydrogen) atoms. The zero-order chi connectivity index (χ0) is 10.3. The van der Waals surface area contributed by atoms with Gasteiger partial charge in [-0.05, 0) is 45.1 Å². The van der Waals surface area contributed by atoms with E-state index in [1.807, 2.05) is 11.7 Å². The van der Waals surface area contributed by atoms with Crippen molar-refractivity contribution in [3.8, 4) is 0 Å². The molecular weight excluding hydrogens is 174 g/mol. The molecule has 1 fully saturated rings. The molecule has 1 aliphatic carbocycles. The highest BCUT2D eigenvalue weighted by molar-refractivity contribution is 5.25. The second kappa shape index (κ2) is 3.09. The second-order valence-electron chi connectivity index (χ2n) is 4.64. The fourth-order valence-corrected chi connectivity index (χ4v) is 1.96. The van der Waals surface area contributed by atoms with E-state index in [0.717, 1.165) is 18.5 Å². The molecule has 2 rings (SSSR count). The third kappa shape index (κ3) is 1.69. The highest BCUT2D eigenvalue weighted by atomic mass is 15.3. The van der Waals surface area contributed by atoms with Crippen LogP contribution in [0.1, 0.15) is 36.2 Å². The summed E-state index contributed by atoms with van der Waals surface area (Å²) in [6, 6.07) is 0. The third-order valence-corrected chi connectivity index (χ3v) is 3.42. The van der Waals surface area contributed by atoms with E-state index in [2.05, 4.69) is 18.9 Å². The Hall–Kier alpha value is -0.830. The van der Waals surface area contributed by atoms with E-state index in [9.17, 15) is 0 Å². The summed E-state index contributed by atoms with van der Waals surface area (Å²) in [4.78, 5) is 0. The van der Waals surface area contributed by atoms with Gasteiger partial charge in [0.2, 0.25) is 0 Å². The summed E-state index contributed by atoms with van der Waals surface area (Å²) >= 11 is 0. The monoisotopic (exact) mass is 193 g/mol. The molecule has 0 unspecified atom stereocenters. The Kier molecular flexibility index (Phi) is 2.14. The summed E-state index contributed by atoms with van der Waals surface area (Å²) in [5.74, 6) is 0. The lowest BCUT2D eigenvalue weighted by atomic mass is 10.0. The van der Waals surface area contributed by atoms with Crippen LogP contribution in [0.25, 0.3) is 0 Å². The summed E-state index contributed by atoms with van der Waals surface area (Å²) in [5, 5.41) is 4.41. The van der Waals surface area contributed by atoms with Crippen LogP contribution in [0.15, 0.2) is 0 Å². The van der Waals surface area contributed by atoms with Crippen molar-refractivity contribution >= 4 is 0 Å². The summed E-state index contributed by atoms with van der Waals surface area (Å²) in [6.07, 6.45) is 4.60. The van der Waals surface area contributed by atoms with Crippen molar-refractivity contribution in [2.75, 3.05) is 0 Å². The lowest BCUT2D eigenvalue weighted by Crippen LogP contribution is -2.22. The van der Waals surface area contributed by atoms with Crippen molar-refractivity contribution in [3.05, 3.63) is 17.0 Å². The van der Waals surface area contributed by atoms with Crippen LogP contribution in [0.2, 0.25) is 0 Å². The van der Waals surface area contributed by atoms with Gasteiger partial charge in [0.15, 0.2) is 0 Å². The van der Waals surface area contributed by atoms with Crippen molar-refractivity contribution in [1.82, 2.24) is 9.78 Å². The molecule has 1 aromatic rings. The number of aryl methyl sites for hydroxylation is 2. The fraction of sp³-hybridized carbons (Fsp3) is 0.727. The van der Waals surface area contributed by atoms with Crippen LogP contribution in [0.5, 0.6) is 0 Å². The van der Waals surface area contributed by atoms with Gasteiger partial charge in [-0.15, -0.1) is 0 Å². The van der Waals surface area contributed by atoms with Crippen molar-refractivity contribution < 1.29 is 0 Å². The molecule has 1 heterocycles. The molecule has 2 N–H and O–H groups in total. The zero-order valence-electron chi connectivity index (χ0n) is 9.30. The standard InChI is InChI=1S/C11H19N3/c1-8-10(9(2)14(3)13-8)4-5-11(12)6-7-11/h4-7,12H2,1-3H3. The maximum absolute atomic E-state index is 6.07. The van der Waals surface area contributed by atoms with Gasteiger partial charge in [-0.1, -0.05) is 0 Å². The SMILES string of the molecule is Cc1nn(C)c(C)c1CCC1(N)CC1. The van der Waals surface area contributed by atoms with Crippen LogP contribution in [0.3, 0.4) is 0 Å². The molecule has 0 aromatic carbocycles. The van der Waals surface area contributed by atoms with Gasteiger partial charge in [0.1, 0.15) is 0 Å². The van der Waals surface area contributed by atoms with E-state index in [1.54, 1.807) is 0 Å². The molecule has 0 saturated heterocycles. The van der Waals surface area contributed by atoms with Gasteiger partial charge >= 0.3 is 0 Å². The van der Waals surface area contributed by atoms with Gasteiger partial charge in [0.25, 0.3) is 0 Å². The van der Waals surface area contributed by atoms with E-state index in [4.69, 9.17) is 5.73 Å². The summed E-state index contributed by atoms with van der Waals surface area (Å²) < 4.78 is 1.96. The predicted molar refractivity (Wildman–Crippen MR) is 57.2 cm³/mol. The van der Waals surface area contributed by atoms with Crippen molar-refractivity contribution in [3.63, 3.8) is 0 Å². The zero-order valence-corrected chi connectivity index (χ0v) is 9.30. The van der Waals surface area contributed by atoms with Gasteiger partial charge in [-0.25, -0.2) is 0 Å². The first-order valence-electron chi connectivity index (χ1n) is 5.30. The Morgan fingerprint density at radius 1 is 1.43 bits per heavy atom. The van der Waals surface area contributed by atoms with Gasteiger partial charge in [0.05, 0.1) is 5.69 Å². The van der Waals surface area contributed by atoms with Gasteiger partial charge in [-0.2, -0.15) is 5.10 Å². The van der Waals surface area contributed by atoms with Gasteiger partial charge in [0, 0.05) is 18.3 Å². The Balaban J connectivity index is 2.08.